The molecule has 0 saturated heterocycles. The number of carbonyl (C=O) groups excluding carboxylic acids is 2. The minimum Gasteiger partial charge on any atom is -0.468 e. The van der Waals surface area contributed by atoms with Gasteiger partial charge in [-0.2, -0.15) is 0 Å². The van der Waals surface area contributed by atoms with Crippen LogP contribution in [0.2, 0.25) is 0 Å². The third-order valence-corrected chi connectivity index (χ3v) is 3.54. The molecular weight excluding hydrogens is 236 g/mol. The number of ketones is 1. The van der Waals surface area contributed by atoms with Crippen molar-refractivity contribution in [1.82, 2.24) is 0 Å². The van der Waals surface area contributed by atoms with Crippen LogP contribution in [0, 0.1) is 0 Å². The van der Waals surface area contributed by atoms with Gasteiger partial charge in [0.25, 0.3) is 0 Å². The van der Waals surface area contributed by atoms with Crippen molar-refractivity contribution in [2.75, 3.05) is 7.11 Å². The first-order valence-corrected chi connectivity index (χ1v) is 5.21. The molecule has 0 amide bonds. The molecule has 0 N–H and O–H groups in total. The van der Waals surface area contributed by atoms with E-state index in [2.05, 4.69) is 20.7 Å². The van der Waals surface area contributed by atoms with Gasteiger partial charge in [0.15, 0.2) is 10.1 Å². The van der Waals surface area contributed by atoms with Gasteiger partial charge in [-0.15, -0.1) is 0 Å². The van der Waals surface area contributed by atoms with E-state index in [0.717, 1.165) is 19.3 Å². The van der Waals surface area contributed by atoms with Crippen molar-refractivity contribution >= 4 is 27.7 Å². The van der Waals surface area contributed by atoms with E-state index in [4.69, 9.17) is 0 Å². The molecule has 0 aliphatic heterocycles. The largest absolute Gasteiger partial charge is 0.468 e. The molecule has 1 saturated carbocycles. The zero-order chi connectivity index (χ0) is 9.90. The normalized spacial score (nSPS) is 29.5. The molecule has 1 aliphatic rings. The third-order valence-electron chi connectivity index (χ3n) is 2.38. The molecule has 74 valence electrons. The summed E-state index contributed by atoms with van der Waals surface area (Å²) in [5.41, 5.74) is 0. The van der Waals surface area contributed by atoms with Crippen molar-refractivity contribution in [2.45, 2.75) is 36.4 Å². The fraction of sp³-hybridized carbons (Fsp3) is 0.778. The van der Waals surface area contributed by atoms with Crippen LogP contribution < -0.4 is 0 Å². The van der Waals surface area contributed by atoms with Crippen LogP contribution in [0.5, 0.6) is 0 Å². The monoisotopic (exact) mass is 248 g/mol. The van der Waals surface area contributed by atoms with E-state index < -0.39 is 10.3 Å². The molecule has 1 aliphatic carbocycles. The Labute approximate surface area is 86.0 Å². The number of methoxy groups -OCH3 is 1. The maximum Gasteiger partial charge on any atom is 0.330 e. The van der Waals surface area contributed by atoms with Gasteiger partial charge in [0.05, 0.1) is 7.11 Å². The highest BCUT2D eigenvalue weighted by Crippen LogP contribution is 2.32. The van der Waals surface area contributed by atoms with E-state index in [-0.39, 0.29) is 5.78 Å². The van der Waals surface area contributed by atoms with Crippen molar-refractivity contribution in [2.24, 2.45) is 0 Å². The van der Waals surface area contributed by atoms with Gasteiger partial charge in [-0.25, -0.2) is 0 Å². The number of halogens is 1. The number of esters is 1. The van der Waals surface area contributed by atoms with Crippen molar-refractivity contribution < 1.29 is 14.3 Å². The van der Waals surface area contributed by atoms with Gasteiger partial charge in [-0.3, -0.25) is 9.59 Å². The molecule has 0 aromatic carbocycles. The number of carbonyl (C=O) groups is 2. The lowest BCUT2D eigenvalue weighted by atomic mass is 9.99. The van der Waals surface area contributed by atoms with Crippen LogP contribution >= 0.6 is 15.9 Å². The van der Waals surface area contributed by atoms with E-state index in [1.165, 1.54) is 7.11 Å². The molecule has 0 aromatic rings. The van der Waals surface area contributed by atoms with E-state index in [1.54, 1.807) is 0 Å². The van der Waals surface area contributed by atoms with Crippen molar-refractivity contribution in [1.29, 1.82) is 0 Å². The summed E-state index contributed by atoms with van der Waals surface area (Å²) in [6.45, 7) is 0. The quantitative estimate of drug-likeness (QED) is 0.308. The smallest absolute Gasteiger partial charge is 0.330 e. The molecule has 1 rings (SSSR count). The minimum atomic E-state index is -1.06. The minimum absolute atomic E-state index is 0.0446. The van der Waals surface area contributed by atoms with Gasteiger partial charge in [-0.1, -0.05) is 28.8 Å². The number of ether oxygens (including phenoxy) is 1. The van der Waals surface area contributed by atoms with Crippen LogP contribution in [0.4, 0.5) is 0 Å². The number of rotatable bonds is 1. The predicted molar refractivity (Wildman–Crippen MR) is 51.8 cm³/mol. The van der Waals surface area contributed by atoms with Crippen molar-refractivity contribution in [3.63, 3.8) is 0 Å². The van der Waals surface area contributed by atoms with Crippen LogP contribution in [0.15, 0.2) is 0 Å². The Morgan fingerprint density at radius 3 is 2.77 bits per heavy atom. The van der Waals surface area contributed by atoms with Crippen LogP contribution in [-0.2, 0) is 14.3 Å². The summed E-state index contributed by atoms with van der Waals surface area (Å²) in [5, 5.41) is 0. The maximum absolute atomic E-state index is 11.6. The molecule has 4 heteroatoms. The van der Waals surface area contributed by atoms with Crippen molar-refractivity contribution in [3.05, 3.63) is 0 Å². The molecular formula is C9H13BrO3. The summed E-state index contributed by atoms with van der Waals surface area (Å²) >= 11 is 3.21. The highest BCUT2D eigenvalue weighted by atomic mass is 79.9. The van der Waals surface area contributed by atoms with Crippen LogP contribution in [0.25, 0.3) is 0 Å². The number of Topliss-reactive ketones (excluding diaryl/α,β-unsaturated/α-hetero) is 1. The molecule has 0 unspecified atom stereocenters. The van der Waals surface area contributed by atoms with Gasteiger partial charge in [0.2, 0.25) is 0 Å². The second-order valence-electron chi connectivity index (χ2n) is 3.28. The zero-order valence-electron chi connectivity index (χ0n) is 7.64. The molecule has 0 spiro atoms. The van der Waals surface area contributed by atoms with Gasteiger partial charge < -0.3 is 4.74 Å². The number of alkyl halides is 1. The molecule has 0 radical (unpaired) electrons. The van der Waals surface area contributed by atoms with E-state index >= 15 is 0 Å². The lowest BCUT2D eigenvalue weighted by molar-refractivity contribution is -0.146. The maximum atomic E-state index is 11.6. The summed E-state index contributed by atoms with van der Waals surface area (Å²) in [4.78, 5) is 23.0. The second kappa shape index (κ2) is 4.22. The molecule has 0 bridgehead atoms. The SMILES string of the molecule is COC(=O)[C@]1(Br)CCCCCC1=O. The summed E-state index contributed by atoms with van der Waals surface area (Å²) in [6, 6.07) is 0. The van der Waals surface area contributed by atoms with Gasteiger partial charge >= 0.3 is 5.97 Å². The summed E-state index contributed by atoms with van der Waals surface area (Å²) in [6.07, 6.45) is 3.81. The second-order valence-corrected chi connectivity index (χ2v) is 4.63. The highest BCUT2D eigenvalue weighted by Gasteiger charge is 2.44. The highest BCUT2D eigenvalue weighted by molar-refractivity contribution is 9.10. The van der Waals surface area contributed by atoms with Crippen molar-refractivity contribution in [3.8, 4) is 0 Å². The van der Waals surface area contributed by atoms with Crippen LogP contribution in [0.1, 0.15) is 32.1 Å². The Kier molecular flexibility index (Phi) is 3.47. The third kappa shape index (κ3) is 2.10. The Morgan fingerprint density at radius 2 is 2.15 bits per heavy atom. The van der Waals surface area contributed by atoms with Gasteiger partial charge in [0.1, 0.15) is 0 Å². The fourth-order valence-electron chi connectivity index (χ4n) is 1.55. The zero-order valence-corrected chi connectivity index (χ0v) is 9.22. The summed E-state index contributed by atoms with van der Waals surface area (Å²) < 4.78 is 3.55. The van der Waals surface area contributed by atoms with E-state index in [1.807, 2.05) is 0 Å². The lowest BCUT2D eigenvalue weighted by Gasteiger charge is -2.20. The Hall–Kier alpha value is -0.380. The van der Waals surface area contributed by atoms with E-state index in [0.29, 0.717) is 12.8 Å². The Bertz CT molecular complexity index is 227. The molecule has 1 atom stereocenters. The first-order valence-electron chi connectivity index (χ1n) is 4.42. The lowest BCUT2D eigenvalue weighted by Crippen LogP contribution is -2.40. The Balaban J connectivity index is 2.82. The van der Waals surface area contributed by atoms with E-state index in [9.17, 15) is 9.59 Å². The van der Waals surface area contributed by atoms with Crippen LogP contribution in [0.3, 0.4) is 0 Å². The summed E-state index contributed by atoms with van der Waals surface area (Å²) in [5.74, 6) is -0.503. The summed E-state index contributed by atoms with van der Waals surface area (Å²) in [7, 11) is 1.31. The molecule has 13 heavy (non-hydrogen) atoms. The number of hydrogen-bond acceptors (Lipinski definition) is 3. The van der Waals surface area contributed by atoms with Gasteiger partial charge in [-0.05, 0) is 12.8 Å². The fourth-order valence-corrected chi connectivity index (χ4v) is 2.19. The first kappa shape index (κ1) is 10.7. The Morgan fingerprint density at radius 1 is 1.46 bits per heavy atom. The molecule has 1 fully saturated rings. The standard InChI is InChI=1S/C9H13BrO3/c1-13-8(12)9(10)6-4-2-3-5-7(9)11/h2-6H2,1H3/t9-/m0/s1. The average Bonchev–Trinajstić information content (AvgIpc) is 2.29. The molecule has 0 heterocycles. The predicted octanol–water partition coefficient (Wildman–Crippen LogP) is 1.83. The van der Waals surface area contributed by atoms with Crippen LogP contribution in [-0.4, -0.2) is 23.2 Å². The first-order chi connectivity index (χ1) is 6.11. The topological polar surface area (TPSA) is 43.4 Å². The molecule has 0 aromatic heterocycles. The number of hydrogen-bond donors (Lipinski definition) is 0. The van der Waals surface area contributed by atoms with Gasteiger partial charge in [0, 0.05) is 6.42 Å². The average molecular weight is 249 g/mol. The molecule has 3 nitrogen and oxygen atoms in total.